The first kappa shape index (κ1) is 13.1. The molecule has 1 aromatic carbocycles. The molecule has 3 aromatic rings. The number of H-pyrrole nitrogens is 1. The van der Waals surface area contributed by atoms with Crippen molar-refractivity contribution < 1.29 is 13.2 Å². The molecule has 0 amide bonds. The lowest BCUT2D eigenvalue weighted by Crippen LogP contribution is -2.11. The Labute approximate surface area is 115 Å². The molecule has 0 atom stereocenters. The Balaban J connectivity index is 2.09. The Bertz CT molecular complexity index is 817. The monoisotopic (exact) mass is 295 g/mol. The molecule has 0 aliphatic heterocycles. The summed E-state index contributed by atoms with van der Waals surface area (Å²) in [6, 6.07) is 1.13. The van der Waals surface area contributed by atoms with Gasteiger partial charge in [-0.2, -0.15) is 15.1 Å². The maximum absolute atomic E-state index is 13.6. The van der Waals surface area contributed by atoms with Crippen molar-refractivity contribution in [2.24, 2.45) is 5.84 Å². The maximum Gasteiger partial charge on any atom is 0.241 e. The summed E-state index contributed by atoms with van der Waals surface area (Å²) in [5, 5.41) is 9.34. The Kier molecular flexibility index (Phi) is 3.06. The Morgan fingerprint density at radius 2 is 1.81 bits per heavy atom. The summed E-state index contributed by atoms with van der Waals surface area (Å²) in [4.78, 5) is 7.96. The van der Waals surface area contributed by atoms with E-state index in [-0.39, 0.29) is 17.5 Å². The molecule has 0 saturated heterocycles. The lowest BCUT2D eigenvalue weighted by atomic mass is 10.2. The molecule has 2 aromatic heterocycles. The molecule has 0 aliphatic carbocycles. The minimum Gasteiger partial charge on any atom is -0.337 e. The van der Waals surface area contributed by atoms with Gasteiger partial charge in [0.15, 0.2) is 17.3 Å². The summed E-state index contributed by atoms with van der Waals surface area (Å²) in [6.07, 6.45) is 1.40. The SMILES string of the molecule is NNc1nc(Nc2cc(F)c(F)cc2F)c2cn[nH]c2n1. The van der Waals surface area contributed by atoms with Gasteiger partial charge < -0.3 is 5.32 Å². The molecule has 0 fully saturated rings. The number of nitrogen functional groups attached to an aromatic ring is 1. The van der Waals surface area contributed by atoms with E-state index in [9.17, 15) is 13.2 Å². The maximum atomic E-state index is 13.6. The van der Waals surface area contributed by atoms with Gasteiger partial charge in [0, 0.05) is 12.1 Å². The summed E-state index contributed by atoms with van der Waals surface area (Å²) >= 11 is 0. The van der Waals surface area contributed by atoms with Gasteiger partial charge in [0.2, 0.25) is 5.95 Å². The van der Waals surface area contributed by atoms with Crippen LogP contribution in [0, 0.1) is 17.5 Å². The smallest absolute Gasteiger partial charge is 0.241 e. The highest BCUT2D eigenvalue weighted by atomic mass is 19.2. The Hall–Kier alpha value is -2.88. The molecule has 5 N–H and O–H groups in total. The number of aromatic nitrogens is 4. The molecule has 0 radical (unpaired) electrons. The van der Waals surface area contributed by atoms with Crippen molar-refractivity contribution in [3.8, 4) is 0 Å². The summed E-state index contributed by atoms with van der Waals surface area (Å²) in [6.45, 7) is 0. The van der Waals surface area contributed by atoms with Crippen LogP contribution in [0.2, 0.25) is 0 Å². The van der Waals surface area contributed by atoms with Crippen molar-refractivity contribution in [3.63, 3.8) is 0 Å². The summed E-state index contributed by atoms with van der Waals surface area (Å²) < 4.78 is 39.8. The Morgan fingerprint density at radius 3 is 2.57 bits per heavy atom. The van der Waals surface area contributed by atoms with E-state index in [2.05, 4.69) is 30.9 Å². The molecule has 0 unspecified atom stereocenters. The minimum atomic E-state index is -1.28. The molecule has 21 heavy (non-hydrogen) atoms. The van der Waals surface area contributed by atoms with Crippen LogP contribution < -0.4 is 16.6 Å². The van der Waals surface area contributed by atoms with E-state index in [1.165, 1.54) is 6.20 Å². The van der Waals surface area contributed by atoms with Crippen LogP contribution in [-0.2, 0) is 0 Å². The number of hydrogen-bond acceptors (Lipinski definition) is 6. The lowest BCUT2D eigenvalue weighted by Gasteiger charge is -2.09. The van der Waals surface area contributed by atoms with Gasteiger partial charge in [-0.1, -0.05) is 0 Å². The zero-order valence-corrected chi connectivity index (χ0v) is 10.3. The van der Waals surface area contributed by atoms with Crippen LogP contribution in [0.25, 0.3) is 11.0 Å². The fourth-order valence-electron chi connectivity index (χ4n) is 1.74. The second kappa shape index (κ2) is 4.90. The molecule has 10 heteroatoms. The molecule has 7 nitrogen and oxygen atoms in total. The summed E-state index contributed by atoms with van der Waals surface area (Å²) in [7, 11) is 0. The van der Waals surface area contributed by atoms with Gasteiger partial charge in [0.05, 0.1) is 17.3 Å². The number of halogens is 3. The molecular formula is C11H8F3N7. The van der Waals surface area contributed by atoms with E-state index in [1.54, 1.807) is 0 Å². The quantitative estimate of drug-likeness (QED) is 0.334. The fraction of sp³-hybridized carbons (Fsp3) is 0. The largest absolute Gasteiger partial charge is 0.337 e. The number of hydrazine groups is 1. The van der Waals surface area contributed by atoms with Gasteiger partial charge in [0.25, 0.3) is 0 Å². The third-order valence-corrected chi connectivity index (χ3v) is 2.70. The van der Waals surface area contributed by atoms with Gasteiger partial charge in [-0.15, -0.1) is 0 Å². The number of nitrogens with two attached hydrogens (primary N) is 1. The zero-order chi connectivity index (χ0) is 15.0. The third-order valence-electron chi connectivity index (χ3n) is 2.70. The van der Waals surface area contributed by atoms with Gasteiger partial charge >= 0.3 is 0 Å². The van der Waals surface area contributed by atoms with Crippen molar-refractivity contribution in [3.05, 3.63) is 35.8 Å². The molecule has 0 spiro atoms. The number of anilines is 3. The predicted octanol–water partition coefficient (Wildman–Crippen LogP) is 1.80. The number of hydrogen-bond donors (Lipinski definition) is 4. The van der Waals surface area contributed by atoms with Crippen molar-refractivity contribution in [2.75, 3.05) is 10.7 Å². The van der Waals surface area contributed by atoms with E-state index in [0.717, 1.165) is 0 Å². The van der Waals surface area contributed by atoms with Crippen LogP contribution in [0.4, 0.5) is 30.6 Å². The zero-order valence-electron chi connectivity index (χ0n) is 10.3. The van der Waals surface area contributed by atoms with Crippen LogP contribution >= 0.6 is 0 Å². The van der Waals surface area contributed by atoms with E-state index in [0.29, 0.717) is 23.2 Å². The van der Waals surface area contributed by atoms with Crippen LogP contribution in [0.1, 0.15) is 0 Å². The first-order chi connectivity index (χ1) is 10.1. The molecule has 2 heterocycles. The highest BCUT2D eigenvalue weighted by Gasteiger charge is 2.14. The first-order valence-corrected chi connectivity index (χ1v) is 5.68. The van der Waals surface area contributed by atoms with Crippen molar-refractivity contribution >= 4 is 28.5 Å². The molecular weight excluding hydrogens is 287 g/mol. The number of nitrogens with zero attached hydrogens (tertiary/aromatic N) is 3. The third kappa shape index (κ3) is 2.31. The first-order valence-electron chi connectivity index (χ1n) is 5.68. The predicted molar refractivity (Wildman–Crippen MR) is 69.1 cm³/mol. The molecule has 0 aliphatic rings. The molecule has 108 valence electrons. The highest BCUT2D eigenvalue weighted by molar-refractivity contribution is 5.89. The second-order valence-corrected chi connectivity index (χ2v) is 4.04. The average Bonchev–Trinajstić information content (AvgIpc) is 2.93. The standard InChI is InChI=1S/C11H8F3N7/c12-5-1-7(14)8(2-6(5)13)17-9-4-3-16-21-10(4)19-11(18-9)20-15/h1-3H,15H2,(H3,16,17,18,19,20,21). The lowest BCUT2D eigenvalue weighted by molar-refractivity contribution is 0.496. The number of nitrogens with one attached hydrogen (secondary N) is 3. The number of aromatic amines is 1. The molecule has 0 saturated carbocycles. The van der Waals surface area contributed by atoms with Gasteiger partial charge in [-0.3, -0.25) is 10.5 Å². The fourth-order valence-corrected chi connectivity index (χ4v) is 1.74. The van der Waals surface area contributed by atoms with Crippen molar-refractivity contribution in [1.82, 2.24) is 20.2 Å². The van der Waals surface area contributed by atoms with E-state index >= 15 is 0 Å². The summed E-state index contributed by atoms with van der Waals surface area (Å²) in [5.74, 6) is 1.96. The van der Waals surface area contributed by atoms with E-state index in [1.807, 2.05) is 0 Å². The van der Waals surface area contributed by atoms with Crippen LogP contribution in [-0.4, -0.2) is 20.2 Å². The van der Waals surface area contributed by atoms with Gasteiger partial charge in [-0.05, 0) is 0 Å². The van der Waals surface area contributed by atoms with E-state index < -0.39 is 17.5 Å². The van der Waals surface area contributed by atoms with Crippen LogP contribution in [0.15, 0.2) is 18.3 Å². The molecule has 0 bridgehead atoms. The highest BCUT2D eigenvalue weighted by Crippen LogP contribution is 2.26. The normalized spacial score (nSPS) is 10.9. The Morgan fingerprint density at radius 1 is 1.05 bits per heavy atom. The molecule has 3 rings (SSSR count). The number of rotatable bonds is 3. The van der Waals surface area contributed by atoms with Crippen LogP contribution in [0.5, 0.6) is 0 Å². The van der Waals surface area contributed by atoms with Crippen molar-refractivity contribution in [1.29, 1.82) is 0 Å². The minimum absolute atomic E-state index is 0.0391. The van der Waals surface area contributed by atoms with Gasteiger partial charge in [-0.25, -0.2) is 19.0 Å². The van der Waals surface area contributed by atoms with Crippen LogP contribution in [0.3, 0.4) is 0 Å². The average molecular weight is 295 g/mol. The summed E-state index contributed by atoms with van der Waals surface area (Å²) in [5.41, 5.74) is 2.29. The second-order valence-electron chi connectivity index (χ2n) is 4.04. The number of fused-ring (bicyclic) bond motifs is 1. The van der Waals surface area contributed by atoms with Crippen molar-refractivity contribution in [2.45, 2.75) is 0 Å². The van der Waals surface area contributed by atoms with Gasteiger partial charge in [0.1, 0.15) is 11.6 Å². The number of benzene rings is 1. The topological polar surface area (TPSA) is 105 Å². The van der Waals surface area contributed by atoms with E-state index in [4.69, 9.17) is 5.84 Å².